The zero-order chi connectivity index (χ0) is 13.2. The molecule has 1 aliphatic carbocycles. The molecule has 18 heavy (non-hydrogen) atoms. The summed E-state index contributed by atoms with van der Waals surface area (Å²) in [7, 11) is -1.80. The molecule has 1 aliphatic rings. The van der Waals surface area contributed by atoms with Crippen LogP contribution in [0.3, 0.4) is 0 Å². The van der Waals surface area contributed by atoms with E-state index < -0.39 is 10.0 Å². The van der Waals surface area contributed by atoms with E-state index in [2.05, 4.69) is 15.9 Å². The van der Waals surface area contributed by atoms with Crippen molar-refractivity contribution in [3.8, 4) is 0 Å². The first kappa shape index (κ1) is 14.5. The topological polar surface area (TPSA) is 46.6 Å². The summed E-state index contributed by atoms with van der Waals surface area (Å²) in [5, 5.41) is 1.76. The first-order chi connectivity index (χ1) is 8.51. The van der Waals surface area contributed by atoms with Crippen LogP contribution in [-0.2, 0) is 14.8 Å². The number of nitrogens with zero attached hydrogens (tertiary/aromatic N) is 1. The Morgan fingerprint density at radius 2 is 2.28 bits per heavy atom. The van der Waals surface area contributed by atoms with Crippen LogP contribution >= 0.6 is 27.3 Å². The number of halogens is 1. The normalized spacial score (nSPS) is 16.4. The van der Waals surface area contributed by atoms with Crippen LogP contribution in [0.25, 0.3) is 0 Å². The summed E-state index contributed by atoms with van der Waals surface area (Å²) in [6, 6.07) is 1.75. The number of likely N-dealkylation sites (N-methyl/N-ethyl adjacent to an activating group) is 1. The Morgan fingerprint density at radius 1 is 1.56 bits per heavy atom. The summed E-state index contributed by atoms with van der Waals surface area (Å²) < 4.78 is 32.2. The predicted molar refractivity (Wildman–Crippen MR) is 75.4 cm³/mol. The predicted octanol–water partition coefficient (Wildman–Crippen LogP) is 2.56. The van der Waals surface area contributed by atoms with Crippen molar-refractivity contribution < 1.29 is 13.2 Å². The van der Waals surface area contributed by atoms with E-state index in [-0.39, 0.29) is 0 Å². The van der Waals surface area contributed by atoms with E-state index >= 15 is 0 Å². The zero-order valence-electron chi connectivity index (χ0n) is 10.1. The minimum atomic E-state index is -3.39. The maximum Gasteiger partial charge on any atom is 0.253 e. The molecule has 0 saturated heterocycles. The van der Waals surface area contributed by atoms with Gasteiger partial charge in [0.2, 0.25) is 0 Å². The fourth-order valence-corrected chi connectivity index (χ4v) is 5.11. The lowest BCUT2D eigenvalue weighted by atomic mass is 10.5. The van der Waals surface area contributed by atoms with Crippen molar-refractivity contribution in [3.63, 3.8) is 0 Å². The smallest absolute Gasteiger partial charge is 0.253 e. The average Bonchev–Trinajstić information content (AvgIpc) is 3.04. The van der Waals surface area contributed by atoms with Gasteiger partial charge in [-0.15, -0.1) is 11.3 Å². The molecule has 1 heterocycles. The molecule has 1 fully saturated rings. The Labute approximate surface area is 120 Å². The van der Waals surface area contributed by atoms with Crippen LogP contribution in [0.4, 0.5) is 0 Å². The molecule has 0 N–H and O–H groups in total. The van der Waals surface area contributed by atoms with Crippen molar-refractivity contribution in [1.29, 1.82) is 0 Å². The highest BCUT2D eigenvalue weighted by atomic mass is 79.9. The van der Waals surface area contributed by atoms with E-state index in [1.54, 1.807) is 18.5 Å². The Kier molecular flexibility index (Phi) is 4.82. The highest BCUT2D eigenvalue weighted by molar-refractivity contribution is 9.10. The number of hydrogen-bond donors (Lipinski definition) is 0. The van der Waals surface area contributed by atoms with Gasteiger partial charge in [-0.1, -0.05) is 0 Å². The third kappa shape index (κ3) is 3.54. The summed E-state index contributed by atoms with van der Waals surface area (Å²) in [6.07, 6.45) is 2.49. The monoisotopic (exact) mass is 353 g/mol. The Bertz CT molecular complexity index is 496. The average molecular weight is 354 g/mol. The van der Waals surface area contributed by atoms with Crippen molar-refractivity contribution >= 4 is 37.3 Å². The molecule has 0 radical (unpaired) electrons. The maximum absolute atomic E-state index is 12.2. The second kappa shape index (κ2) is 6.00. The standard InChI is InChI=1S/C11H16BrNO3S2/c1-13(5-6-16-8-9-2-3-9)18(14,15)11-10(12)4-7-17-11/h4,7,9H,2-3,5-6,8H2,1H3. The molecular formula is C11H16BrNO3S2. The van der Waals surface area contributed by atoms with Gasteiger partial charge in [-0.2, -0.15) is 4.31 Å². The zero-order valence-corrected chi connectivity index (χ0v) is 13.4. The molecule has 4 nitrogen and oxygen atoms in total. The van der Waals surface area contributed by atoms with Gasteiger partial charge in [-0.25, -0.2) is 8.42 Å². The van der Waals surface area contributed by atoms with Gasteiger partial charge in [-0.05, 0) is 46.1 Å². The van der Waals surface area contributed by atoms with Crippen molar-refractivity contribution in [3.05, 3.63) is 15.9 Å². The van der Waals surface area contributed by atoms with Crippen LogP contribution in [0.15, 0.2) is 20.1 Å². The third-order valence-corrected chi connectivity index (χ3v) is 7.33. The molecule has 0 aliphatic heterocycles. The van der Waals surface area contributed by atoms with Crippen LogP contribution in [0, 0.1) is 5.92 Å². The summed E-state index contributed by atoms with van der Waals surface area (Å²) in [5.74, 6) is 0.707. The lowest BCUT2D eigenvalue weighted by molar-refractivity contribution is 0.117. The molecule has 0 atom stereocenters. The summed E-state index contributed by atoms with van der Waals surface area (Å²) in [5.41, 5.74) is 0. The Morgan fingerprint density at radius 3 is 2.83 bits per heavy atom. The molecule has 0 spiro atoms. The summed E-state index contributed by atoms with van der Waals surface area (Å²) in [6.45, 7) is 1.60. The van der Waals surface area contributed by atoms with Gasteiger partial charge < -0.3 is 4.74 Å². The van der Waals surface area contributed by atoms with Crippen LogP contribution in [0.5, 0.6) is 0 Å². The SMILES string of the molecule is CN(CCOCC1CC1)S(=O)(=O)c1sccc1Br. The second-order valence-electron chi connectivity index (χ2n) is 4.40. The number of hydrogen-bond acceptors (Lipinski definition) is 4. The van der Waals surface area contributed by atoms with Crippen molar-refractivity contribution in [1.82, 2.24) is 4.31 Å². The first-order valence-electron chi connectivity index (χ1n) is 5.79. The van der Waals surface area contributed by atoms with Gasteiger partial charge in [-0.3, -0.25) is 0 Å². The largest absolute Gasteiger partial charge is 0.380 e. The molecule has 1 aromatic rings. The Balaban J connectivity index is 1.86. The van der Waals surface area contributed by atoms with Crippen LogP contribution in [0.1, 0.15) is 12.8 Å². The van der Waals surface area contributed by atoms with Crippen molar-refractivity contribution in [2.75, 3.05) is 26.8 Å². The van der Waals surface area contributed by atoms with Gasteiger partial charge in [0.1, 0.15) is 4.21 Å². The minimum Gasteiger partial charge on any atom is -0.380 e. The summed E-state index contributed by atoms with van der Waals surface area (Å²) >= 11 is 4.47. The van der Waals surface area contributed by atoms with Gasteiger partial charge in [0, 0.05) is 24.7 Å². The maximum atomic E-state index is 12.2. The van der Waals surface area contributed by atoms with E-state index in [0.717, 1.165) is 6.61 Å². The quantitative estimate of drug-likeness (QED) is 0.707. The molecule has 0 amide bonds. The number of rotatable bonds is 7. The molecule has 0 bridgehead atoms. The van der Waals surface area contributed by atoms with E-state index in [1.165, 1.54) is 28.5 Å². The lowest BCUT2D eigenvalue weighted by Gasteiger charge is -2.16. The summed E-state index contributed by atoms with van der Waals surface area (Å²) in [4.78, 5) is 0. The number of thiophene rings is 1. The minimum absolute atomic E-state index is 0.354. The van der Waals surface area contributed by atoms with E-state index in [4.69, 9.17) is 4.74 Å². The number of sulfonamides is 1. The van der Waals surface area contributed by atoms with Gasteiger partial charge in [0.05, 0.1) is 6.61 Å². The molecule has 1 saturated carbocycles. The molecular weight excluding hydrogens is 338 g/mol. The fraction of sp³-hybridized carbons (Fsp3) is 0.636. The Hall–Kier alpha value is 0.0500. The van der Waals surface area contributed by atoms with Crippen LogP contribution < -0.4 is 0 Å². The second-order valence-corrected chi connectivity index (χ2v) is 8.41. The third-order valence-electron chi connectivity index (χ3n) is 2.83. The van der Waals surface area contributed by atoms with Crippen molar-refractivity contribution in [2.45, 2.75) is 17.1 Å². The van der Waals surface area contributed by atoms with Gasteiger partial charge in [0.15, 0.2) is 0 Å². The molecule has 0 unspecified atom stereocenters. The first-order valence-corrected chi connectivity index (χ1v) is 8.90. The van der Waals surface area contributed by atoms with Crippen LogP contribution in [0.2, 0.25) is 0 Å². The lowest BCUT2D eigenvalue weighted by Crippen LogP contribution is -2.30. The van der Waals surface area contributed by atoms with Crippen molar-refractivity contribution in [2.24, 2.45) is 5.92 Å². The highest BCUT2D eigenvalue weighted by Crippen LogP contribution is 2.30. The van der Waals surface area contributed by atoms with Crippen LogP contribution in [-0.4, -0.2) is 39.5 Å². The molecule has 1 aromatic heterocycles. The van der Waals surface area contributed by atoms with Gasteiger partial charge in [0.25, 0.3) is 10.0 Å². The molecule has 0 aromatic carbocycles. The highest BCUT2D eigenvalue weighted by Gasteiger charge is 2.25. The van der Waals surface area contributed by atoms with E-state index in [0.29, 0.717) is 27.8 Å². The number of ether oxygens (including phenoxy) is 1. The van der Waals surface area contributed by atoms with E-state index in [1.807, 2.05) is 0 Å². The molecule has 102 valence electrons. The van der Waals surface area contributed by atoms with Gasteiger partial charge >= 0.3 is 0 Å². The fourth-order valence-electron chi connectivity index (χ4n) is 1.45. The van der Waals surface area contributed by atoms with E-state index in [9.17, 15) is 8.42 Å². The molecule has 2 rings (SSSR count). The molecule has 7 heteroatoms.